The molecule has 2 nitrogen and oxygen atoms in total. The van der Waals surface area contributed by atoms with Crippen LogP contribution in [-0.2, 0) is 5.88 Å². The Bertz CT molecular complexity index is 679. The number of allylic oxidation sites excluding steroid dienone is 6. The predicted molar refractivity (Wildman–Crippen MR) is 90.0 cm³/mol. The Balaban J connectivity index is 2.15. The smallest absolute Gasteiger partial charge is 0.142 e. The molecule has 3 rings (SSSR count). The van der Waals surface area contributed by atoms with E-state index in [1.54, 1.807) is 12.4 Å². The minimum absolute atomic E-state index is 0.0691. The first-order chi connectivity index (χ1) is 10.4. The van der Waals surface area contributed by atoms with Crippen molar-refractivity contribution in [3.63, 3.8) is 0 Å². The van der Waals surface area contributed by atoms with Crippen LogP contribution in [0.4, 0.5) is 4.39 Å². The van der Waals surface area contributed by atoms with Crippen LogP contribution in [0.15, 0.2) is 30.4 Å². The van der Waals surface area contributed by atoms with E-state index in [9.17, 15) is 4.39 Å². The molecule has 4 heteroatoms. The van der Waals surface area contributed by atoms with Crippen LogP contribution < -0.4 is 0 Å². The molecule has 0 aliphatic heterocycles. The quantitative estimate of drug-likeness (QED) is 0.667. The van der Waals surface area contributed by atoms with Gasteiger partial charge in [-0.1, -0.05) is 32.9 Å². The molecule has 0 aromatic carbocycles. The molecule has 0 spiro atoms. The van der Waals surface area contributed by atoms with Crippen molar-refractivity contribution >= 4 is 22.9 Å². The zero-order valence-electron chi connectivity index (χ0n) is 13.4. The van der Waals surface area contributed by atoms with Gasteiger partial charge in [0.1, 0.15) is 12.2 Å². The lowest BCUT2D eigenvalue weighted by molar-refractivity contribution is 0.484. The third-order valence-corrected chi connectivity index (χ3v) is 4.94. The topological polar surface area (TPSA) is 17.8 Å². The molecule has 1 aromatic rings. The number of aromatic nitrogens is 2. The number of hydrogen-bond acceptors (Lipinski definition) is 1. The molecule has 0 saturated carbocycles. The monoisotopic (exact) mass is 320 g/mol. The number of nitrogens with zero attached hydrogens (tertiary/aromatic N) is 2. The highest BCUT2D eigenvalue weighted by Crippen LogP contribution is 2.46. The zero-order valence-corrected chi connectivity index (χ0v) is 14.1. The van der Waals surface area contributed by atoms with Gasteiger partial charge in [0.15, 0.2) is 0 Å². The molecule has 1 heterocycles. The minimum Gasteiger partial charge on any atom is -0.296 e. The highest BCUT2D eigenvalue weighted by molar-refractivity contribution is 6.17. The summed E-state index contributed by atoms with van der Waals surface area (Å²) in [6.07, 6.45) is 10.5. The van der Waals surface area contributed by atoms with Gasteiger partial charge in [0.2, 0.25) is 0 Å². The van der Waals surface area contributed by atoms with Crippen LogP contribution in [0.2, 0.25) is 0 Å². The predicted octanol–water partition coefficient (Wildman–Crippen LogP) is 5.56. The Hall–Kier alpha value is -1.35. The molecule has 118 valence electrons. The summed E-state index contributed by atoms with van der Waals surface area (Å²) in [5, 5.41) is 0. The van der Waals surface area contributed by atoms with Gasteiger partial charge in [0, 0.05) is 0 Å². The maximum Gasteiger partial charge on any atom is 0.142 e. The Morgan fingerprint density at radius 2 is 2.18 bits per heavy atom. The van der Waals surface area contributed by atoms with Gasteiger partial charge >= 0.3 is 0 Å². The molecule has 0 N–H and O–H groups in total. The van der Waals surface area contributed by atoms with E-state index in [4.69, 9.17) is 11.6 Å². The molecule has 1 unspecified atom stereocenters. The molecule has 2 aliphatic rings. The highest BCUT2D eigenvalue weighted by Gasteiger charge is 2.33. The second kappa shape index (κ2) is 5.69. The van der Waals surface area contributed by atoms with Gasteiger partial charge in [-0.15, -0.1) is 11.6 Å². The van der Waals surface area contributed by atoms with Crippen molar-refractivity contribution in [3.05, 3.63) is 41.8 Å². The number of rotatable bonds is 3. The first-order valence-electron chi connectivity index (χ1n) is 7.85. The summed E-state index contributed by atoms with van der Waals surface area (Å²) in [5.41, 5.74) is 3.70. The fraction of sp³-hybridized carbons (Fsp3) is 0.500. The number of hydrogen-bond donors (Lipinski definition) is 0. The maximum absolute atomic E-state index is 14.4. The van der Waals surface area contributed by atoms with E-state index >= 15 is 0 Å². The van der Waals surface area contributed by atoms with Crippen LogP contribution in [0.25, 0.3) is 11.3 Å². The van der Waals surface area contributed by atoms with Crippen molar-refractivity contribution in [1.82, 2.24) is 9.55 Å². The van der Waals surface area contributed by atoms with E-state index < -0.39 is 0 Å². The maximum atomic E-state index is 14.4. The van der Waals surface area contributed by atoms with Gasteiger partial charge in [-0.3, -0.25) is 4.57 Å². The summed E-state index contributed by atoms with van der Waals surface area (Å²) in [6.45, 7) is 6.55. The zero-order chi connectivity index (χ0) is 15.9. The van der Waals surface area contributed by atoms with Crippen LogP contribution in [0, 0.1) is 11.3 Å². The highest BCUT2D eigenvalue weighted by atomic mass is 35.5. The lowest BCUT2D eigenvalue weighted by Crippen LogP contribution is -2.14. The molecule has 0 bridgehead atoms. The van der Waals surface area contributed by atoms with Gasteiger partial charge in [-0.2, -0.15) is 0 Å². The first kappa shape index (κ1) is 15.5. The fourth-order valence-electron chi connectivity index (χ4n) is 3.36. The summed E-state index contributed by atoms with van der Waals surface area (Å²) in [4.78, 5) is 4.43. The molecule has 0 fully saturated rings. The number of imidazole rings is 1. The largest absolute Gasteiger partial charge is 0.296 e. The van der Waals surface area contributed by atoms with Crippen LogP contribution in [0.1, 0.15) is 51.4 Å². The van der Waals surface area contributed by atoms with Gasteiger partial charge in [-0.25, -0.2) is 9.37 Å². The van der Waals surface area contributed by atoms with E-state index in [0.29, 0.717) is 17.5 Å². The minimum atomic E-state index is -0.172. The van der Waals surface area contributed by atoms with Crippen LogP contribution >= 0.6 is 11.6 Å². The van der Waals surface area contributed by atoms with Gasteiger partial charge < -0.3 is 0 Å². The van der Waals surface area contributed by atoms with Crippen molar-refractivity contribution in [2.75, 3.05) is 0 Å². The summed E-state index contributed by atoms with van der Waals surface area (Å²) < 4.78 is 16.3. The Kier molecular flexibility index (Phi) is 4.02. The lowest BCUT2D eigenvalue weighted by Gasteiger charge is -2.25. The van der Waals surface area contributed by atoms with Crippen LogP contribution in [0.3, 0.4) is 0 Å². The Labute approximate surface area is 136 Å². The fourth-order valence-corrected chi connectivity index (χ4v) is 3.56. The lowest BCUT2D eigenvalue weighted by atomic mass is 9.83. The van der Waals surface area contributed by atoms with E-state index in [1.165, 1.54) is 5.57 Å². The van der Waals surface area contributed by atoms with Crippen molar-refractivity contribution in [3.8, 4) is 0 Å². The molecule has 1 aromatic heterocycles. The summed E-state index contributed by atoms with van der Waals surface area (Å²) >= 11 is 6.09. The Morgan fingerprint density at radius 1 is 1.41 bits per heavy atom. The van der Waals surface area contributed by atoms with Crippen molar-refractivity contribution < 1.29 is 4.39 Å². The summed E-state index contributed by atoms with van der Waals surface area (Å²) in [6, 6.07) is 0. The van der Waals surface area contributed by atoms with Gasteiger partial charge in [0.25, 0.3) is 0 Å². The number of halogens is 2. The molecule has 0 radical (unpaired) electrons. The Morgan fingerprint density at radius 3 is 2.82 bits per heavy atom. The van der Waals surface area contributed by atoms with Crippen LogP contribution in [0.5, 0.6) is 0 Å². The van der Waals surface area contributed by atoms with E-state index in [1.807, 2.05) is 10.6 Å². The third-order valence-electron chi connectivity index (χ3n) is 4.69. The second-order valence-electron chi connectivity index (χ2n) is 6.90. The van der Waals surface area contributed by atoms with E-state index in [0.717, 1.165) is 30.7 Å². The third kappa shape index (κ3) is 2.56. The summed E-state index contributed by atoms with van der Waals surface area (Å²) in [7, 11) is 0. The average molecular weight is 321 g/mol. The molecule has 0 saturated heterocycles. The second-order valence-corrected chi connectivity index (χ2v) is 7.17. The molecular weight excluding hydrogens is 299 g/mol. The number of alkyl halides is 1. The van der Waals surface area contributed by atoms with Crippen molar-refractivity contribution in [2.45, 2.75) is 45.9 Å². The van der Waals surface area contributed by atoms with E-state index in [2.05, 4.69) is 31.8 Å². The van der Waals surface area contributed by atoms with E-state index in [-0.39, 0.29) is 11.2 Å². The van der Waals surface area contributed by atoms with Crippen molar-refractivity contribution in [1.29, 1.82) is 0 Å². The summed E-state index contributed by atoms with van der Waals surface area (Å²) in [5.74, 6) is 0.494. The normalized spacial score (nSPS) is 24.0. The SMILES string of the molecule is CC1C=C(n2cnc(CCl)c2C2=CCCC2(C)C)C(F)=CC1. The van der Waals surface area contributed by atoms with Crippen LogP contribution in [-0.4, -0.2) is 9.55 Å². The molecule has 0 amide bonds. The molecule has 22 heavy (non-hydrogen) atoms. The molecule has 2 aliphatic carbocycles. The average Bonchev–Trinajstić information content (AvgIpc) is 3.03. The van der Waals surface area contributed by atoms with Gasteiger partial charge in [-0.05, 0) is 42.2 Å². The standard InChI is InChI=1S/C18H22ClFN2/c1-12-6-7-14(20)16(9-12)22-11-21-15(10-19)17(22)13-5-4-8-18(13,2)3/h5,7,9,11-12H,4,6,8,10H2,1-3H3. The van der Waals surface area contributed by atoms with Gasteiger partial charge in [0.05, 0.1) is 23.0 Å². The molecule has 1 atom stereocenters. The molecular formula is C18H22ClFN2. The first-order valence-corrected chi connectivity index (χ1v) is 8.39. The van der Waals surface area contributed by atoms with Crippen molar-refractivity contribution in [2.24, 2.45) is 11.3 Å².